The van der Waals surface area contributed by atoms with Gasteiger partial charge in [-0.25, -0.2) is 12.7 Å². The SMILES string of the molecule is Cl.NCC1CCN(S(=O)(=O)Cc2c(Cl)cccc2Cl)CC1. The lowest BCUT2D eigenvalue weighted by molar-refractivity contribution is 0.278. The van der Waals surface area contributed by atoms with Gasteiger partial charge in [-0.15, -0.1) is 12.4 Å². The zero-order valence-electron chi connectivity index (χ0n) is 11.5. The number of hydrogen-bond donors (Lipinski definition) is 1. The van der Waals surface area contributed by atoms with Crippen LogP contribution in [0.3, 0.4) is 0 Å². The number of piperidine rings is 1. The fraction of sp³-hybridized carbons (Fsp3) is 0.538. The second-order valence-electron chi connectivity index (χ2n) is 5.03. The fourth-order valence-electron chi connectivity index (χ4n) is 2.37. The van der Waals surface area contributed by atoms with Gasteiger partial charge >= 0.3 is 0 Å². The quantitative estimate of drug-likeness (QED) is 0.882. The van der Waals surface area contributed by atoms with Gasteiger partial charge in [0.15, 0.2) is 0 Å². The van der Waals surface area contributed by atoms with Gasteiger partial charge in [-0.3, -0.25) is 0 Å². The Balaban J connectivity index is 0.00000220. The van der Waals surface area contributed by atoms with Crippen LogP contribution in [0.2, 0.25) is 10.0 Å². The van der Waals surface area contributed by atoms with Crippen molar-refractivity contribution >= 4 is 45.6 Å². The van der Waals surface area contributed by atoms with E-state index in [-0.39, 0.29) is 18.2 Å². The first-order chi connectivity index (χ1) is 9.44. The van der Waals surface area contributed by atoms with Crippen LogP contribution in [0.4, 0.5) is 0 Å². The minimum atomic E-state index is -3.39. The highest BCUT2D eigenvalue weighted by molar-refractivity contribution is 7.88. The summed E-state index contributed by atoms with van der Waals surface area (Å²) < 4.78 is 26.4. The van der Waals surface area contributed by atoms with Crippen LogP contribution in [0.5, 0.6) is 0 Å². The second kappa shape index (κ2) is 7.99. The number of nitrogens with zero attached hydrogens (tertiary/aromatic N) is 1. The third-order valence-corrected chi connectivity index (χ3v) is 6.20. The first-order valence-electron chi connectivity index (χ1n) is 6.55. The standard InChI is InChI=1S/C13H18Cl2N2O2S.ClH/c14-12-2-1-3-13(15)11(12)9-20(18,19)17-6-4-10(8-16)5-7-17;/h1-3,10H,4-9,16H2;1H. The summed E-state index contributed by atoms with van der Waals surface area (Å²) in [6, 6.07) is 5.01. The average molecular weight is 374 g/mol. The second-order valence-corrected chi connectivity index (χ2v) is 7.82. The number of sulfonamides is 1. The molecule has 1 aromatic carbocycles. The first kappa shape index (κ1) is 19.0. The van der Waals surface area contributed by atoms with E-state index in [9.17, 15) is 8.42 Å². The van der Waals surface area contributed by atoms with E-state index in [1.54, 1.807) is 18.2 Å². The molecule has 0 radical (unpaired) electrons. The lowest BCUT2D eigenvalue weighted by atomic mass is 9.99. The minimum absolute atomic E-state index is 0. The van der Waals surface area contributed by atoms with Crippen molar-refractivity contribution in [2.45, 2.75) is 18.6 Å². The van der Waals surface area contributed by atoms with Crippen molar-refractivity contribution in [3.05, 3.63) is 33.8 Å². The monoisotopic (exact) mass is 372 g/mol. The molecule has 120 valence electrons. The molecule has 0 atom stereocenters. The predicted molar refractivity (Wildman–Crippen MR) is 89.7 cm³/mol. The average Bonchev–Trinajstić information content (AvgIpc) is 2.43. The van der Waals surface area contributed by atoms with Crippen LogP contribution in [-0.4, -0.2) is 32.4 Å². The number of halogens is 3. The molecule has 1 saturated heterocycles. The molecule has 1 aliphatic rings. The molecule has 1 fully saturated rings. The van der Waals surface area contributed by atoms with Crippen molar-refractivity contribution in [2.24, 2.45) is 11.7 Å². The van der Waals surface area contributed by atoms with Gasteiger partial charge in [0.2, 0.25) is 10.0 Å². The highest BCUT2D eigenvalue weighted by atomic mass is 35.5. The summed E-state index contributed by atoms with van der Waals surface area (Å²) in [6.45, 7) is 1.66. The zero-order valence-corrected chi connectivity index (χ0v) is 14.6. The van der Waals surface area contributed by atoms with Gasteiger partial charge < -0.3 is 5.73 Å². The molecular weight excluding hydrogens is 355 g/mol. The molecule has 1 aliphatic heterocycles. The number of benzene rings is 1. The van der Waals surface area contributed by atoms with Crippen LogP contribution in [0.25, 0.3) is 0 Å². The summed E-state index contributed by atoms with van der Waals surface area (Å²) in [5, 5.41) is 0.774. The Bertz CT molecular complexity index is 553. The fourth-order valence-corrected chi connectivity index (χ4v) is 4.68. The third-order valence-electron chi connectivity index (χ3n) is 3.69. The Morgan fingerprint density at radius 2 is 1.71 bits per heavy atom. The van der Waals surface area contributed by atoms with Crippen molar-refractivity contribution < 1.29 is 8.42 Å². The van der Waals surface area contributed by atoms with Crippen molar-refractivity contribution in [3.63, 3.8) is 0 Å². The van der Waals surface area contributed by atoms with Gasteiger partial charge in [-0.1, -0.05) is 29.3 Å². The molecule has 4 nitrogen and oxygen atoms in total. The Labute approximate surface area is 142 Å². The Morgan fingerprint density at radius 3 is 2.19 bits per heavy atom. The lowest BCUT2D eigenvalue weighted by Crippen LogP contribution is -2.40. The van der Waals surface area contributed by atoms with Crippen LogP contribution in [0.1, 0.15) is 18.4 Å². The van der Waals surface area contributed by atoms with E-state index in [0.717, 1.165) is 12.8 Å². The van der Waals surface area contributed by atoms with E-state index in [1.807, 2.05) is 0 Å². The number of nitrogens with two attached hydrogens (primary N) is 1. The summed E-state index contributed by atoms with van der Waals surface area (Å²) in [5.41, 5.74) is 6.09. The summed E-state index contributed by atoms with van der Waals surface area (Å²) in [7, 11) is -3.39. The molecule has 0 spiro atoms. The molecule has 8 heteroatoms. The number of rotatable bonds is 4. The van der Waals surface area contributed by atoms with Gasteiger partial charge in [-0.2, -0.15) is 0 Å². The maximum absolute atomic E-state index is 12.4. The minimum Gasteiger partial charge on any atom is -0.330 e. The van der Waals surface area contributed by atoms with E-state index in [0.29, 0.717) is 41.2 Å². The normalized spacial score (nSPS) is 17.5. The molecule has 1 heterocycles. The molecule has 0 aromatic heterocycles. The largest absolute Gasteiger partial charge is 0.330 e. The van der Waals surface area contributed by atoms with Gasteiger partial charge in [0.25, 0.3) is 0 Å². The van der Waals surface area contributed by atoms with Crippen LogP contribution in [0, 0.1) is 5.92 Å². The van der Waals surface area contributed by atoms with Gasteiger partial charge in [0.05, 0.1) is 5.75 Å². The molecule has 0 amide bonds. The smallest absolute Gasteiger partial charge is 0.218 e. The molecule has 2 N–H and O–H groups in total. The van der Waals surface area contributed by atoms with E-state index in [2.05, 4.69) is 0 Å². The van der Waals surface area contributed by atoms with Crippen molar-refractivity contribution in [1.82, 2.24) is 4.31 Å². The van der Waals surface area contributed by atoms with Crippen molar-refractivity contribution in [3.8, 4) is 0 Å². The first-order valence-corrected chi connectivity index (χ1v) is 8.91. The van der Waals surface area contributed by atoms with E-state index >= 15 is 0 Å². The van der Waals surface area contributed by atoms with Crippen LogP contribution in [0.15, 0.2) is 18.2 Å². The predicted octanol–water partition coefficient (Wildman–Crippen LogP) is 2.92. The summed E-state index contributed by atoms with van der Waals surface area (Å²) in [5.74, 6) is 0.268. The Morgan fingerprint density at radius 1 is 1.19 bits per heavy atom. The molecule has 2 rings (SSSR count). The maximum Gasteiger partial charge on any atom is 0.218 e. The molecule has 21 heavy (non-hydrogen) atoms. The summed E-state index contributed by atoms with van der Waals surface area (Å²) in [4.78, 5) is 0. The zero-order chi connectivity index (χ0) is 14.8. The molecule has 1 aromatic rings. The van der Waals surface area contributed by atoms with Gasteiger partial charge in [0, 0.05) is 28.7 Å². The summed E-state index contributed by atoms with van der Waals surface area (Å²) >= 11 is 12.1. The topological polar surface area (TPSA) is 63.4 Å². The van der Waals surface area contributed by atoms with Crippen LogP contribution < -0.4 is 5.73 Å². The maximum atomic E-state index is 12.4. The van der Waals surface area contributed by atoms with Crippen molar-refractivity contribution in [2.75, 3.05) is 19.6 Å². The van der Waals surface area contributed by atoms with Crippen molar-refractivity contribution in [1.29, 1.82) is 0 Å². The third kappa shape index (κ3) is 4.71. The molecule has 0 aliphatic carbocycles. The lowest BCUT2D eigenvalue weighted by Gasteiger charge is -2.30. The Kier molecular flexibility index (Phi) is 7.24. The molecule has 0 saturated carbocycles. The van der Waals surface area contributed by atoms with Gasteiger partial charge in [0.1, 0.15) is 0 Å². The highest BCUT2D eigenvalue weighted by Gasteiger charge is 2.28. The van der Waals surface area contributed by atoms with Gasteiger partial charge in [-0.05, 0) is 37.4 Å². The molecule has 0 bridgehead atoms. The molecule has 0 unspecified atom stereocenters. The van der Waals surface area contributed by atoms with E-state index < -0.39 is 10.0 Å². The van der Waals surface area contributed by atoms with Crippen LogP contribution >= 0.6 is 35.6 Å². The van der Waals surface area contributed by atoms with Crippen LogP contribution in [-0.2, 0) is 15.8 Å². The van der Waals surface area contributed by atoms with E-state index in [1.165, 1.54) is 4.31 Å². The molecular formula is C13H19Cl3N2O2S. The summed E-state index contributed by atoms with van der Waals surface area (Å²) in [6.07, 6.45) is 1.62. The highest BCUT2D eigenvalue weighted by Crippen LogP contribution is 2.28. The van der Waals surface area contributed by atoms with E-state index in [4.69, 9.17) is 28.9 Å². The number of hydrogen-bond acceptors (Lipinski definition) is 3. The Hall–Kier alpha value is -0.0400.